The van der Waals surface area contributed by atoms with Gasteiger partial charge in [-0.2, -0.15) is 5.26 Å². The summed E-state index contributed by atoms with van der Waals surface area (Å²) in [4.78, 5) is 58.9. The number of anilines is 2. The van der Waals surface area contributed by atoms with E-state index in [-0.39, 0.29) is 126 Å². The number of aromatic amines is 2. The third-order valence-corrected chi connectivity index (χ3v) is 17.3. The van der Waals surface area contributed by atoms with E-state index in [1.165, 1.54) is 25.1 Å². The number of nitrogens with zero attached hydrogens (tertiary/aromatic N) is 5. The number of hydrogen-bond donors (Lipinski definition) is 6. The number of H-pyrrole nitrogens is 2. The Balaban J connectivity index is 0.000000320. The first-order chi connectivity index (χ1) is 44.4. The molecular weight excluding hydrogens is 1560 g/mol. The molecule has 1 aliphatic heterocycles. The number of phenolic OH excluding ortho intramolecular Hbond substituents is 2. The Morgan fingerprint density at radius 2 is 0.949 bits per heavy atom. The van der Waals surface area contributed by atoms with Crippen LogP contribution >= 0.6 is 71.0 Å². The van der Waals surface area contributed by atoms with Crippen molar-refractivity contribution >= 4 is 146 Å². The number of aromatic hydroxyl groups is 2. The molecule has 16 nitrogen and oxygen atoms in total. The molecule has 1 aliphatic rings. The first-order valence-electron chi connectivity index (χ1n) is 28.5. The van der Waals surface area contributed by atoms with Gasteiger partial charge in [0.25, 0.3) is 0 Å². The normalized spacial score (nSPS) is 11.8. The van der Waals surface area contributed by atoms with Crippen molar-refractivity contribution in [3.05, 3.63) is 269 Å². The Morgan fingerprint density at radius 3 is 1.39 bits per heavy atom. The maximum atomic E-state index is 12.2. The minimum atomic E-state index is -0.469. The molecule has 1 fully saturated rings. The average molecular weight is 1640 g/mol. The molecule has 24 heteroatoms. The van der Waals surface area contributed by atoms with Crippen LogP contribution in [-0.4, -0.2) is 87.3 Å². The largest absolute Gasteiger partial charge is 2.00 e. The summed E-state index contributed by atoms with van der Waals surface area (Å²) in [5, 5.41) is 29.7. The second kappa shape index (κ2) is 37.9. The molecule has 1 saturated heterocycles. The number of nitrogens with one attached hydrogen (secondary N) is 2. The number of fused-ring (bicyclic) bond motifs is 2. The quantitative estimate of drug-likeness (QED) is 0.0492. The minimum Gasteiger partial charge on any atom is -1.00 e. The predicted molar refractivity (Wildman–Crippen MR) is 415 cm³/mol. The van der Waals surface area contributed by atoms with Crippen molar-refractivity contribution in [2.45, 2.75) is 68.1 Å². The molecule has 0 bridgehead atoms. The molecule has 6 aromatic carbocycles. The zero-order chi connectivity index (χ0) is 66.7. The topological polar surface area (TPSA) is 269 Å². The predicted octanol–water partition coefficient (Wildman–Crippen LogP) is 15.6. The Hall–Kier alpha value is -8.05. The van der Waals surface area contributed by atoms with E-state index in [0.29, 0.717) is 38.2 Å². The molecule has 0 radical (unpaired) electrons. The van der Waals surface area contributed by atoms with E-state index >= 15 is 0 Å². The SMILES string of the molecule is C.C.C.CC(=O)c1cc(Br)c(-c2ccccc2)nc1N.CC1(C)OB(c2ccc(Cl)c(O)c2)OC1(C)C.N#Cc1cc(Br)c(-c2ccccc2)nc1N.O=c1cc[nH]c2nc(-c3ccccc3)c(-c3ccc(O)c(Cl)c3)cc12.O=c1cc[nH]c2nc(-c3ccccc3)c(Br)cc12.[Br-].[CH3-].[Mg+2]. The Morgan fingerprint density at radius 1 is 0.535 bits per heavy atom. The number of rotatable bonds is 7. The Labute approximate surface area is 639 Å². The van der Waals surface area contributed by atoms with Gasteiger partial charge in [-0.15, -0.1) is 0 Å². The summed E-state index contributed by atoms with van der Waals surface area (Å²) in [5.74, 6) is 0.483. The number of nitrogen functional groups attached to an aromatic ring is 2. The van der Waals surface area contributed by atoms with Crippen LogP contribution in [0.4, 0.5) is 11.6 Å². The van der Waals surface area contributed by atoms with E-state index in [1.807, 2.05) is 167 Å². The molecule has 0 unspecified atom stereocenters. The second-order valence-corrected chi connectivity index (χ2v) is 25.2. The number of carbonyl (C=O) groups excluding carboxylic acids is 1. The number of aromatic nitrogens is 6. The first kappa shape index (κ1) is 85.2. The third-order valence-electron chi connectivity index (χ3n) is 14.9. The van der Waals surface area contributed by atoms with Crippen LogP contribution < -0.4 is 44.8 Å². The van der Waals surface area contributed by atoms with Gasteiger partial charge in [-0.3, -0.25) is 14.4 Å². The summed E-state index contributed by atoms with van der Waals surface area (Å²) >= 11 is 22.1. The van der Waals surface area contributed by atoms with Crippen molar-refractivity contribution in [1.29, 1.82) is 5.26 Å². The maximum absolute atomic E-state index is 12.2. The summed E-state index contributed by atoms with van der Waals surface area (Å²) in [5.41, 5.74) is 21.7. The molecule has 506 valence electrons. The van der Waals surface area contributed by atoms with Crippen LogP contribution in [0, 0.1) is 18.8 Å². The number of pyridine rings is 6. The van der Waals surface area contributed by atoms with E-state index in [0.717, 1.165) is 75.0 Å². The fraction of sp³-hybridized carbons (Fsp3) is 0.133. The summed E-state index contributed by atoms with van der Waals surface area (Å²) in [6.45, 7) is 9.43. The Kier molecular flexibility index (Phi) is 32.6. The number of halogens is 6. The summed E-state index contributed by atoms with van der Waals surface area (Å²) in [6.07, 6.45) is 3.20. The van der Waals surface area contributed by atoms with E-state index in [2.05, 4.69) is 77.7 Å². The number of Topliss-reactive ketones (excluding diaryl/α,β-unsaturated/α-hetero) is 1. The van der Waals surface area contributed by atoms with Gasteiger partial charge >= 0.3 is 30.2 Å². The third kappa shape index (κ3) is 20.8. The zero-order valence-corrected chi connectivity index (χ0v) is 61.8. The van der Waals surface area contributed by atoms with Crippen LogP contribution in [0.2, 0.25) is 10.0 Å². The standard InChI is InChI=1S/C20H13ClN2O2.C14H9BrN2O.C13H11BrN2O.C12H16BClO3.C12H8BrN3.3CH4.CH3.BrH.Mg/c21-16-10-13(6-7-18(16)25)14-11-15-17(24)8-9-22-20(15)23-19(14)12-4-2-1-3-5-12;15-11-8-10-12(18)6-7-16-14(10)17-13(11)9-4-2-1-3-5-9;1-8(17)10-7-11(14)12(16-13(10)15)9-5-3-2-4-6-9;1-11(2)12(3,4)17-13(16-11)8-5-6-9(14)10(15)7-8;13-10-6-9(7-14)12(15)16-11(10)8-4-2-1-3-5-8;;;;;;/h1-11,25H,(H,22,23,24);1-8H,(H,16,17,18);2-7H,1H3,(H2,15,16);5-7,15H,1-4H3;1-6H,(H2,15,16);3*1H4;1H3;1H;/q;;;;;;;;-1;;+2/p-1. The number of benzene rings is 6. The molecule has 12 aromatic rings. The van der Waals surface area contributed by atoms with Gasteiger partial charge in [-0.25, -0.2) is 19.9 Å². The van der Waals surface area contributed by atoms with Crippen LogP contribution in [0.15, 0.2) is 230 Å². The fourth-order valence-corrected chi connectivity index (χ4v) is 11.2. The van der Waals surface area contributed by atoms with Crippen LogP contribution in [0.1, 0.15) is 72.8 Å². The summed E-state index contributed by atoms with van der Waals surface area (Å²) in [7, 11) is -0.469. The van der Waals surface area contributed by atoms with Crippen molar-refractivity contribution in [3.63, 3.8) is 0 Å². The number of nitriles is 1. The smallest absolute Gasteiger partial charge is 1.00 e. The van der Waals surface area contributed by atoms with Crippen LogP contribution in [0.3, 0.4) is 0 Å². The van der Waals surface area contributed by atoms with Gasteiger partial charge < -0.3 is 65.4 Å². The molecule has 0 saturated carbocycles. The number of phenols is 2. The number of carbonyl (C=O) groups is 1. The van der Waals surface area contributed by atoms with Crippen molar-refractivity contribution in [3.8, 4) is 73.7 Å². The summed E-state index contributed by atoms with van der Waals surface area (Å²) < 4.78 is 14.1. The fourth-order valence-electron chi connectivity index (χ4n) is 9.31. The molecule has 7 heterocycles. The van der Waals surface area contributed by atoms with E-state index < -0.39 is 7.12 Å². The number of ketones is 1. The molecule has 13 rings (SSSR count). The summed E-state index contributed by atoms with van der Waals surface area (Å²) in [6, 6.07) is 60.9. The monoisotopic (exact) mass is 1630 g/mol. The van der Waals surface area contributed by atoms with Crippen molar-refractivity contribution < 1.29 is 41.3 Å². The van der Waals surface area contributed by atoms with Gasteiger partial charge in [0.15, 0.2) is 16.6 Å². The molecule has 99 heavy (non-hydrogen) atoms. The molecular formula is C75H72BBr4Cl2MgN9O7. The Bertz CT molecular complexity index is 4870. The zero-order valence-electron chi connectivity index (χ0n) is 52.5. The van der Waals surface area contributed by atoms with Crippen LogP contribution in [0.25, 0.3) is 78.2 Å². The van der Waals surface area contributed by atoms with Crippen LogP contribution in [0.5, 0.6) is 11.5 Å². The number of nitrogens with two attached hydrogens (primary N) is 2. The molecule has 0 aliphatic carbocycles. The van der Waals surface area contributed by atoms with Crippen LogP contribution in [-0.2, 0) is 9.31 Å². The van der Waals surface area contributed by atoms with Gasteiger partial charge in [0.1, 0.15) is 40.5 Å². The average Bonchev–Trinajstić information content (AvgIpc) is 1.70. The van der Waals surface area contributed by atoms with E-state index in [9.17, 15) is 24.6 Å². The molecule has 0 atom stereocenters. The van der Waals surface area contributed by atoms with Crippen molar-refractivity contribution in [2.75, 3.05) is 11.5 Å². The molecule has 8 N–H and O–H groups in total. The van der Waals surface area contributed by atoms with Gasteiger partial charge in [0.05, 0.1) is 65.9 Å². The molecule has 0 spiro atoms. The molecule has 6 aromatic heterocycles. The maximum Gasteiger partial charge on any atom is 2.00 e. The van der Waals surface area contributed by atoms with Crippen molar-refractivity contribution in [2.24, 2.45) is 0 Å². The van der Waals surface area contributed by atoms with E-state index in [4.69, 9.17) is 49.2 Å². The number of hydrogen-bond acceptors (Lipinski definition) is 14. The van der Waals surface area contributed by atoms with Gasteiger partial charge in [0.2, 0.25) is 0 Å². The van der Waals surface area contributed by atoms with Gasteiger partial charge in [0, 0.05) is 65.8 Å². The first-order valence-corrected chi connectivity index (χ1v) is 31.6. The van der Waals surface area contributed by atoms with Crippen molar-refractivity contribution in [1.82, 2.24) is 29.9 Å². The van der Waals surface area contributed by atoms with E-state index in [1.54, 1.807) is 54.9 Å². The second-order valence-electron chi connectivity index (χ2n) is 21.8. The van der Waals surface area contributed by atoms with Gasteiger partial charge in [-0.1, -0.05) is 179 Å². The molecule has 0 amide bonds. The van der Waals surface area contributed by atoms with Gasteiger partial charge in [-0.05, 0) is 142 Å². The minimum absolute atomic E-state index is 0.